The van der Waals surface area contributed by atoms with Gasteiger partial charge in [0.1, 0.15) is 0 Å². The van der Waals surface area contributed by atoms with Gasteiger partial charge in [-0.2, -0.15) is 0 Å². The number of aliphatic hydroxyl groups is 1. The van der Waals surface area contributed by atoms with Crippen LogP contribution in [0.25, 0.3) is 0 Å². The fourth-order valence-electron chi connectivity index (χ4n) is 3.51. The van der Waals surface area contributed by atoms with Crippen molar-refractivity contribution in [3.8, 4) is 0 Å². The highest BCUT2D eigenvalue weighted by molar-refractivity contribution is 5.78. The molecule has 0 bridgehead atoms. The molecule has 2 N–H and O–H groups in total. The second-order valence-corrected chi connectivity index (χ2v) is 7.07. The van der Waals surface area contributed by atoms with Gasteiger partial charge in [-0.3, -0.25) is 4.79 Å². The summed E-state index contributed by atoms with van der Waals surface area (Å²) in [6.07, 6.45) is 8.92. The SMILES string of the molecule is CC1CCN(C[C@H](O)CNC(=O)C2CCCCCC2)CC1. The zero-order chi connectivity index (χ0) is 15.1. The minimum absolute atomic E-state index is 0.156. The van der Waals surface area contributed by atoms with E-state index in [-0.39, 0.29) is 11.8 Å². The zero-order valence-electron chi connectivity index (χ0n) is 13.5. The first-order valence-electron chi connectivity index (χ1n) is 8.83. The Hall–Kier alpha value is -0.610. The fourth-order valence-corrected chi connectivity index (χ4v) is 3.51. The lowest BCUT2D eigenvalue weighted by atomic mass is 9.99. The van der Waals surface area contributed by atoms with E-state index in [1.165, 1.54) is 38.5 Å². The number of hydrogen-bond acceptors (Lipinski definition) is 3. The molecular formula is C17H32N2O2. The molecule has 1 atom stereocenters. The molecular weight excluding hydrogens is 264 g/mol. The molecule has 122 valence electrons. The summed E-state index contributed by atoms with van der Waals surface area (Å²) < 4.78 is 0. The number of likely N-dealkylation sites (tertiary alicyclic amines) is 1. The minimum atomic E-state index is -0.437. The Kier molecular flexibility index (Phi) is 6.97. The third-order valence-corrected chi connectivity index (χ3v) is 5.08. The van der Waals surface area contributed by atoms with Gasteiger partial charge >= 0.3 is 0 Å². The van der Waals surface area contributed by atoms with E-state index in [0.717, 1.165) is 31.8 Å². The number of aliphatic hydroxyl groups excluding tert-OH is 1. The Morgan fingerprint density at radius 3 is 2.38 bits per heavy atom. The number of amides is 1. The van der Waals surface area contributed by atoms with Crippen LogP contribution in [0.4, 0.5) is 0 Å². The predicted molar refractivity (Wildman–Crippen MR) is 85.0 cm³/mol. The first kappa shape index (κ1) is 16.8. The molecule has 1 aliphatic carbocycles. The normalized spacial score (nSPS) is 24.5. The lowest BCUT2D eigenvalue weighted by Crippen LogP contribution is -2.44. The molecule has 21 heavy (non-hydrogen) atoms. The Balaban J connectivity index is 1.63. The van der Waals surface area contributed by atoms with E-state index in [1.54, 1.807) is 0 Å². The number of nitrogens with one attached hydrogen (secondary N) is 1. The van der Waals surface area contributed by atoms with Crippen molar-refractivity contribution in [1.29, 1.82) is 0 Å². The molecule has 4 heteroatoms. The highest BCUT2D eigenvalue weighted by Gasteiger charge is 2.22. The van der Waals surface area contributed by atoms with Crippen LogP contribution in [0, 0.1) is 11.8 Å². The van der Waals surface area contributed by atoms with Crippen molar-refractivity contribution in [1.82, 2.24) is 10.2 Å². The maximum absolute atomic E-state index is 12.2. The number of rotatable bonds is 5. The first-order valence-corrected chi connectivity index (χ1v) is 8.83. The van der Waals surface area contributed by atoms with Gasteiger partial charge in [-0.1, -0.05) is 32.6 Å². The molecule has 1 aliphatic heterocycles. The maximum atomic E-state index is 12.2. The van der Waals surface area contributed by atoms with E-state index < -0.39 is 6.10 Å². The summed E-state index contributed by atoms with van der Waals surface area (Å²) in [5.41, 5.74) is 0. The van der Waals surface area contributed by atoms with E-state index in [9.17, 15) is 9.90 Å². The largest absolute Gasteiger partial charge is 0.390 e. The molecule has 0 aromatic rings. The molecule has 4 nitrogen and oxygen atoms in total. The molecule has 1 heterocycles. The summed E-state index contributed by atoms with van der Waals surface area (Å²) in [5.74, 6) is 1.15. The third-order valence-electron chi connectivity index (χ3n) is 5.08. The average Bonchev–Trinajstić information content (AvgIpc) is 2.76. The van der Waals surface area contributed by atoms with Crippen LogP contribution in [-0.4, -0.2) is 48.2 Å². The van der Waals surface area contributed by atoms with Crippen molar-refractivity contribution in [2.75, 3.05) is 26.2 Å². The van der Waals surface area contributed by atoms with Crippen LogP contribution in [0.5, 0.6) is 0 Å². The van der Waals surface area contributed by atoms with Crippen LogP contribution in [0.2, 0.25) is 0 Å². The molecule has 1 amide bonds. The second-order valence-electron chi connectivity index (χ2n) is 7.07. The maximum Gasteiger partial charge on any atom is 0.223 e. The van der Waals surface area contributed by atoms with Gasteiger partial charge in [-0.05, 0) is 44.7 Å². The van der Waals surface area contributed by atoms with Crippen LogP contribution in [-0.2, 0) is 4.79 Å². The van der Waals surface area contributed by atoms with Gasteiger partial charge in [0, 0.05) is 19.0 Å². The van der Waals surface area contributed by atoms with E-state index in [0.29, 0.717) is 13.1 Å². The number of β-amino-alcohol motifs (C(OH)–C–C–N with tert-alkyl or cyclic N) is 1. The number of nitrogens with zero attached hydrogens (tertiary/aromatic N) is 1. The molecule has 1 saturated heterocycles. The van der Waals surface area contributed by atoms with Gasteiger partial charge in [0.05, 0.1) is 6.10 Å². The minimum Gasteiger partial charge on any atom is -0.390 e. The van der Waals surface area contributed by atoms with Crippen molar-refractivity contribution in [3.63, 3.8) is 0 Å². The topological polar surface area (TPSA) is 52.6 Å². The van der Waals surface area contributed by atoms with Gasteiger partial charge in [0.2, 0.25) is 5.91 Å². The number of piperidine rings is 1. The molecule has 0 aromatic heterocycles. The molecule has 2 aliphatic rings. The van der Waals surface area contributed by atoms with Crippen molar-refractivity contribution < 1.29 is 9.90 Å². The van der Waals surface area contributed by atoms with Gasteiger partial charge in [0.25, 0.3) is 0 Å². The lowest BCUT2D eigenvalue weighted by molar-refractivity contribution is -0.125. The second kappa shape index (κ2) is 8.74. The quantitative estimate of drug-likeness (QED) is 0.765. The third kappa shape index (κ3) is 5.95. The number of hydrogen-bond donors (Lipinski definition) is 2. The molecule has 1 saturated carbocycles. The lowest BCUT2D eigenvalue weighted by Gasteiger charge is -2.31. The smallest absolute Gasteiger partial charge is 0.223 e. The summed E-state index contributed by atoms with van der Waals surface area (Å²) in [7, 11) is 0. The van der Waals surface area contributed by atoms with Crippen molar-refractivity contribution in [2.24, 2.45) is 11.8 Å². The number of carbonyl (C=O) groups is 1. The fraction of sp³-hybridized carbons (Fsp3) is 0.941. The average molecular weight is 296 g/mol. The van der Waals surface area contributed by atoms with Crippen LogP contribution in [0.3, 0.4) is 0 Å². The molecule has 0 spiro atoms. The molecule has 2 rings (SSSR count). The van der Waals surface area contributed by atoms with Crippen molar-refractivity contribution in [3.05, 3.63) is 0 Å². The Morgan fingerprint density at radius 1 is 1.14 bits per heavy atom. The zero-order valence-corrected chi connectivity index (χ0v) is 13.5. The highest BCUT2D eigenvalue weighted by atomic mass is 16.3. The number of carbonyl (C=O) groups excluding carboxylic acids is 1. The Morgan fingerprint density at radius 2 is 1.76 bits per heavy atom. The van der Waals surface area contributed by atoms with E-state index in [2.05, 4.69) is 17.1 Å². The summed E-state index contributed by atoms with van der Waals surface area (Å²) in [6, 6.07) is 0. The van der Waals surface area contributed by atoms with Crippen LogP contribution < -0.4 is 5.32 Å². The first-order chi connectivity index (χ1) is 10.1. The van der Waals surface area contributed by atoms with Crippen LogP contribution >= 0.6 is 0 Å². The van der Waals surface area contributed by atoms with Gasteiger partial charge in [-0.15, -0.1) is 0 Å². The molecule has 0 radical (unpaired) electrons. The monoisotopic (exact) mass is 296 g/mol. The molecule has 0 unspecified atom stereocenters. The van der Waals surface area contributed by atoms with E-state index in [4.69, 9.17) is 0 Å². The van der Waals surface area contributed by atoms with Gasteiger partial charge in [0.15, 0.2) is 0 Å². The predicted octanol–water partition coefficient (Wildman–Crippen LogP) is 2.17. The van der Waals surface area contributed by atoms with Crippen molar-refractivity contribution >= 4 is 5.91 Å². The molecule has 2 fully saturated rings. The van der Waals surface area contributed by atoms with Crippen LogP contribution in [0.1, 0.15) is 58.3 Å². The summed E-state index contributed by atoms with van der Waals surface area (Å²) in [4.78, 5) is 14.5. The summed E-state index contributed by atoms with van der Waals surface area (Å²) in [5, 5.41) is 13.1. The van der Waals surface area contributed by atoms with E-state index >= 15 is 0 Å². The Labute approximate surface area is 129 Å². The summed E-state index contributed by atoms with van der Waals surface area (Å²) in [6.45, 7) is 5.55. The highest BCUT2D eigenvalue weighted by Crippen LogP contribution is 2.22. The molecule has 0 aromatic carbocycles. The van der Waals surface area contributed by atoms with Crippen LogP contribution in [0.15, 0.2) is 0 Å². The van der Waals surface area contributed by atoms with Gasteiger partial charge < -0.3 is 15.3 Å². The Bertz CT molecular complexity index is 306. The standard InChI is InChI=1S/C17H32N2O2/c1-14-8-10-19(11-9-14)13-16(20)12-18-17(21)15-6-4-2-3-5-7-15/h14-16,20H,2-13H2,1H3,(H,18,21)/t16-/m1/s1. The van der Waals surface area contributed by atoms with Gasteiger partial charge in [-0.25, -0.2) is 0 Å². The summed E-state index contributed by atoms with van der Waals surface area (Å²) >= 11 is 0. The van der Waals surface area contributed by atoms with E-state index in [1.807, 2.05) is 0 Å². The van der Waals surface area contributed by atoms with Crippen molar-refractivity contribution in [2.45, 2.75) is 64.4 Å².